The van der Waals surface area contributed by atoms with Gasteiger partial charge in [0.25, 0.3) is 0 Å². The van der Waals surface area contributed by atoms with Crippen molar-refractivity contribution in [3.05, 3.63) is 10.1 Å². The molecule has 4 nitrogen and oxygen atoms in total. The van der Waals surface area contributed by atoms with E-state index in [-0.39, 0.29) is 11.5 Å². The van der Waals surface area contributed by atoms with Gasteiger partial charge in [-0.3, -0.25) is 15.1 Å². The van der Waals surface area contributed by atoms with Crippen LogP contribution in [0.5, 0.6) is 0 Å². The third-order valence-corrected chi connectivity index (χ3v) is 2.98. The summed E-state index contributed by atoms with van der Waals surface area (Å²) < 4.78 is 0. The largest absolute Gasteiger partial charge is 0.287 e. The Morgan fingerprint density at radius 1 is 1.00 bits per heavy atom. The van der Waals surface area contributed by atoms with Crippen LogP contribution in [0.25, 0.3) is 0 Å². The molecule has 0 rings (SSSR count). The van der Waals surface area contributed by atoms with E-state index in [0.717, 1.165) is 37.9 Å². The Labute approximate surface area is 111 Å². The van der Waals surface area contributed by atoms with Gasteiger partial charge >= 0.3 is 0 Å². The van der Waals surface area contributed by atoms with Crippen LogP contribution in [-0.2, 0) is 0 Å². The molecule has 0 N–H and O–H groups in total. The molecule has 0 aliphatic carbocycles. The molecule has 0 saturated heterocycles. The molecule has 106 valence electrons. The van der Waals surface area contributed by atoms with Gasteiger partial charge in [0, 0.05) is 11.5 Å². The molecule has 0 heterocycles. The molecule has 0 atom stereocenters. The van der Waals surface area contributed by atoms with Gasteiger partial charge in [-0.2, -0.15) is 0 Å². The lowest BCUT2D eigenvalue weighted by Gasteiger charge is -2.03. The maximum Gasteiger partial charge on any atom is 0.241 e. The fraction of sp³-hybridized carbons (Fsp3) is 0.929. The second kappa shape index (κ2) is 12.5. The van der Waals surface area contributed by atoms with E-state index in [0.29, 0.717) is 0 Å². The molecule has 0 bridgehead atoms. The smallest absolute Gasteiger partial charge is 0.241 e. The number of hydrogen-bond donors (Lipinski definition) is 0. The molecule has 0 saturated carbocycles. The normalized spacial score (nSPS) is 11.8. The van der Waals surface area contributed by atoms with Gasteiger partial charge in [-0.1, -0.05) is 52.4 Å². The molecule has 0 aromatic rings. The molecule has 18 heavy (non-hydrogen) atoms. The first kappa shape index (κ1) is 17.1. The summed E-state index contributed by atoms with van der Waals surface area (Å²) in [7, 11) is 0. The fourth-order valence-corrected chi connectivity index (χ4v) is 1.86. The highest BCUT2D eigenvalue weighted by Crippen LogP contribution is 2.08. The van der Waals surface area contributed by atoms with Gasteiger partial charge in [-0.05, 0) is 19.3 Å². The van der Waals surface area contributed by atoms with Crippen molar-refractivity contribution in [1.29, 1.82) is 0 Å². The minimum absolute atomic E-state index is 0.0708. The minimum atomic E-state index is -0.262. The summed E-state index contributed by atoms with van der Waals surface area (Å²) in [5, 5.41) is 10.5. The summed E-state index contributed by atoms with van der Waals surface area (Å²) in [5.74, 6) is 0. The first-order chi connectivity index (χ1) is 8.70. The van der Waals surface area contributed by atoms with E-state index in [2.05, 4.69) is 18.8 Å². The maximum atomic E-state index is 10.5. The highest BCUT2D eigenvalue weighted by Gasteiger charge is 2.06. The van der Waals surface area contributed by atoms with Crippen molar-refractivity contribution in [3.63, 3.8) is 0 Å². The number of rotatable bonds is 12. The summed E-state index contributed by atoms with van der Waals surface area (Å²) in [5.41, 5.74) is 0.781. The lowest BCUT2D eigenvalue weighted by atomic mass is 10.1. The number of nitrogens with zero attached hydrogens (tertiary/aromatic N) is 2. The van der Waals surface area contributed by atoms with Crippen LogP contribution in [0.1, 0.15) is 71.6 Å². The SMILES string of the molecule is CCCCCCCC/C(C[N+](=O)[O-])=N\CCCC. The number of hydrogen-bond acceptors (Lipinski definition) is 3. The van der Waals surface area contributed by atoms with E-state index < -0.39 is 0 Å². The monoisotopic (exact) mass is 256 g/mol. The molecule has 0 radical (unpaired) electrons. The van der Waals surface area contributed by atoms with E-state index in [1.54, 1.807) is 0 Å². The van der Waals surface area contributed by atoms with Gasteiger partial charge in [0.05, 0.1) is 5.71 Å². The Hall–Kier alpha value is -0.930. The van der Waals surface area contributed by atoms with Crippen LogP contribution in [0.15, 0.2) is 4.99 Å². The average molecular weight is 256 g/mol. The van der Waals surface area contributed by atoms with Crippen LogP contribution in [-0.4, -0.2) is 23.7 Å². The summed E-state index contributed by atoms with van der Waals surface area (Å²) in [6.45, 7) is 4.99. The maximum absolute atomic E-state index is 10.5. The minimum Gasteiger partial charge on any atom is -0.287 e. The second-order valence-corrected chi connectivity index (χ2v) is 4.81. The Balaban J connectivity index is 3.79. The fourth-order valence-electron chi connectivity index (χ4n) is 1.86. The van der Waals surface area contributed by atoms with Crippen molar-refractivity contribution in [1.82, 2.24) is 0 Å². The van der Waals surface area contributed by atoms with Crippen molar-refractivity contribution in [2.24, 2.45) is 4.99 Å². The van der Waals surface area contributed by atoms with Crippen LogP contribution in [0.3, 0.4) is 0 Å². The number of unbranched alkanes of at least 4 members (excludes halogenated alkanes) is 6. The van der Waals surface area contributed by atoms with Gasteiger partial charge in [-0.25, -0.2) is 0 Å². The molecule has 0 aromatic heterocycles. The highest BCUT2D eigenvalue weighted by molar-refractivity contribution is 5.85. The average Bonchev–Trinajstić information content (AvgIpc) is 2.33. The second-order valence-electron chi connectivity index (χ2n) is 4.81. The van der Waals surface area contributed by atoms with E-state index >= 15 is 0 Å². The van der Waals surface area contributed by atoms with Crippen molar-refractivity contribution in [2.45, 2.75) is 71.6 Å². The van der Waals surface area contributed by atoms with E-state index in [1.807, 2.05) is 0 Å². The van der Waals surface area contributed by atoms with Crippen molar-refractivity contribution < 1.29 is 4.92 Å². The van der Waals surface area contributed by atoms with Gasteiger partial charge in [0.2, 0.25) is 6.54 Å². The Morgan fingerprint density at radius 3 is 2.22 bits per heavy atom. The van der Waals surface area contributed by atoms with Crippen LogP contribution in [0.4, 0.5) is 0 Å². The zero-order chi connectivity index (χ0) is 13.6. The molecule has 0 fully saturated rings. The third-order valence-electron chi connectivity index (χ3n) is 2.98. The summed E-state index contributed by atoms with van der Waals surface area (Å²) in [4.78, 5) is 14.6. The molecule has 0 spiro atoms. The quantitative estimate of drug-likeness (QED) is 0.227. The predicted octanol–water partition coefficient (Wildman–Crippen LogP) is 4.25. The molecular weight excluding hydrogens is 228 g/mol. The highest BCUT2D eigenvalue weighted by atomic mass is 16.6. The predicted molar refractivity (Wildman–Crippen MR) is 77.1 cm³/mol. The van der Waals surface area contributed by atoms with Gasteiger partial charge in [0.1, 0.15) is 0 Å². The molecule has 0 unspecified atom stereocenters. The molecule has 0 aliphatic heterocycles. The summed E-state index contributed by atoms with van der Waals surface area (Å²) in [6, 6.07) is 0. The molecule has 4 heteroatoms. The van der Waals surface area contributed by atoms with Crippen molar-refractivity contribution in [2.75, 3.05) is 13.1 Å². The first-order valence-corrected chi connectivity index (χ1v) is 7.34. The standard InChI is InChI=1S/C14H28N2O2/c1-3-5-7-8-9-10-11-14(13-16(17)18)15-12-6-4-2/h3-13H2,1-2H3/b15-14+. The molecule has 0 amide bonds. The number of nitro groups is 1. The van der Waals surface area contributed by atoms with Crippen molar-refractivity contribution >= 4 is 5.71 Å². The third kappa shape index (κ3) is 11.6. The number of aliphatic imine (C=N–C) groups is 1. The van der Waals surface area contributed by atoms with E-state index in [9.17, 15) is 10.1 Å². The first-order valence-electron chi connectivity index (χ1n) is 7.34. The van der Waals surface area contributed by atoms with Crippen LogP contribution < -0.4 is 0 Å². The van der Waals surface area contributed by atoms with Crippen LogP contribution in [0, 0.1) is 10.1 Å². The van der Waals surface area contributed by atoms with Gasteiger partial charge in [-0.15, -0.1) is 0 Å². The van der Waals surface area contributed by atoms with Gasteiger partial charge in [0.15, 0.2) is 0 Å². The van der Waals surface area contributed by atoms with Crippen LogP contribution >= 0.6 is 0 Å². The zero-order valence-corrected chi connectivity index (χ0v) is 12.0. The van der Waals surface area contributed by atoms with Crippen LogP contribution in [0.2, 0.25) is 0 Å². The summed E-state index contributed by atoms with van der Waals surface area (Å²) in [6.07, 6.45) is 10.2. The van der Waals surface area contributed by atoms with E-state index in [4.69, 9.17) is 0 Å². The Kier molecular flexibility index (Phi) is 11.9. The topological polar surface area (TPSA) is 55.5 Å². The Bertz CT molecular complexity index is 240. The zero-order valence-electron chi connectivity index (χ0n) is 12.0. The van der Waals surface area contributed by atoms with Crippen molar-refractivity contribution in [3.8, 4) is 0 Å². The van der Waals surface area contributed by atoms with E-state index in [1.165, 1.54) is 32.1 Å². The summed E-state index contributed by atoms with van der Waals surface area (Å²) >= 11 is 0. The lowest BCUT2D eigenvalue weighted by Crippen LogP contribution is -2.14. The Morgan fingerprint density at radius 2 is 1.61 bits per heavy atom. The molecule has 0 aliphatic rings. The molecular formula is C14H28N2O2. The van der Waals surface area contributed by atoms with Gasteiger partial charge < -0.3 is 0 Å². The molecule has 0 aromatic carbocycles. The lowest BCUT2D eigenvalue weighted by molar-refractivity contribution is -0.463.